The Morgan fingerprint density at radius 1 is 1.04 bits per heavy atom. The van der Waals surface area contributed by atoms with Gasteiger partial charge in [0, 0.05) is 16.1 Å². The van der Waals surface area contributed by atoms with Crippen molar-refractivity contribution in [3.05, 3.63) is 64.7 Å². The summed E-state index contributed by atoms with van der Waals surface area (Å²) in [5, 5.41) is 9.28. The molecule has 0 saturated heterocycles. The Labute approximate surface area is 158 Å². The molecule has 2 N–H and O–H groups in total. The number of benzene rings is 3. The number of nitrogens with one attached hydrogen (secondary N) is 2. The predicted octanol–water partition coefficient (Wildman–Crippen LogP) is 5.85. The van der Waals surface area contributed by atoms with Crippen molar-refractivity contribution in [1.82, 2.24) is 4.98 Å². The highest BCUT2D eigenvalue weighted by atomic mass is 35.5. The fraction of sp³-hybridized carbons (Fsp3) is 0.100. The molecule has 4 aromatic rings. The average Bonchev–Trinajstić information content (AvgIpc) is 3.20. The van der Waals surface area contributed by atoms with Gasteiger partial charge in [-0.05, 0) is 53.6 Å². The van der Waals surface area contributed by atoms with Crippen molar-refractivity contribution in [2.24, 2.45) is 0 Å². The highest BCUT2D eigenvalue weighted by molar-refractivity contribution is 7.22. The summed E-state index contributed by atoms with van der Waals surface area (Å²) in [6, 6.07) is 15.3. The average molecular weight is 380 g/mol. The Morgan fingerprint density at radius 3 is 2.77 bits per heavy atom. The van der Waals surface area contributed by atoms with Gasteiger partial charge in [-0.1, -0.05) is 47.2 Å². The van der Waals surface area contributed by atoms with Crippen LogP contribution in [0.5, 0.6) is 0 Å². The number of aromatic nitrogens is 1. The number of rotatable bonds is 2. The summed E-state index contributed by atoms with van der Waals surface area (Å²) < 4.78 is 1.10. The van der Waals surface area contributed by atoms with E-state index in [4.69, 9.17) is 11.6 Å². The number of hydrogen-bond donors (Lipinski definition) is 2. The van der Waals surface area contributed by atoms with Gasteiger partial charge in [-0.15, -0.1) is 0 Å². The molecule has 26 heavy (non-hydrogen) atoms. The van der Waals surface area contributed by atoms with E-state index in [9.17, 15) is 4.79 Å². The third kappa shape index (κ3) is 2.60. The van der Waals surface area contributed by atoms with Crippen LogP contribution in [0.4, 0.5) is 15.6 Å². The van der Waals surface area contributed by atoms with E-state index in [1.165, 1.54) is 33.2 Å². The lowest BCUT2D eigenvalue weighted by atomic mass is 10.0. The molecule has 0 bridgehead atoms. The largest absolute Gasteiger partial charge is 0.325 e. The minimum absolute atomic E-state index is 0.330. The maximum Gasteiger partial charge on any atom is 0.325 e. The zero-order chi connectivity index (χ0) is 17.7. The molecule has 0 radical (unpaired) electrons. The molecule has 1 aliphatic rings. The van der Waals surface area contributed by atoms with E-state index in [0.29, 0.717) is 15.8 Å². The van der Waals surface area contributed by atoms with Crippen LogP contribution in [-0.2, 0) is 12.8 Å². The van der Waals surface area contributed by atoms with Crippen LogP contribution in [0.3, 0.4) is 0 Å². The summed E-state index contributed by atoms with van der Waals surface area (Å²) >= 11 is 7.45. The quantitative estimate of drug-likeness (QED) is 0.459. The SMILES string of the molecule is O=C(Nc1cccc(Cl)c1)Nc1nc2c(cc3c4c(cccc42)CC3)s1. The van der Waals surface area contributed by atoms with Crippen molar-refractivity contribution in [3.63, 3.8) is 0 Å². The molecular weight excluding hydrogens is 366 g/mol. The van der Waals surface area contributed by atoms with Crippen molar-refractivity contribution < 1.29 is 4.79 Å². The van der Waals surface area contributed by atoms with Crippen molar-refractivity contribution in [3.8, 4) is 0 Å². The van der Waals surface area contributed by atoms with E-state index in [1.54, 1.807) is 24.3 Å². The first-order valence-electron chi connectivity index (χ1n) is 8.35. The number of halogens is 1. The molecule has 0 aliphatic heterocycles. The van der Waals surface area contributed by atoms with E-state index in [-0.39, 0.29) is 6.03 Å². The molecule has 0 atom stereocenters. The second-order valence-electron chi connectivity index (χ2n) is 6.33. The van der Waals surface area contributed by atoms with Gasteiger partial charge in [-0.2, -0.15) is 0 Å². The van der Waals surface area contributed by atoms with Gasteiger partial charge >= 0.3 is 6.03 Å². The third-order valence-corrected chi connectivity index (χ3v) is 5.81. The van der Waals surface area contributed by atoms with Gasteiger partial charge in [-0.25, -0.2) is 9.78 Å². The molecular formula is C20H14ClN3OS. The molecule has 1 aliphatic carbocycles. The number of amides is 2. The third-order valence-electron chi connectivity index (χ3n) is 4.65. The minimum Gasteiger partial charge on any atom is -0.308 e. The zero-order valence-corrected chi connectivity index (χ0v) is 15.2. The number of carbonyl (C=O) groups is 1. The van der Waals surface area contributed by atoms with Crippen LogP contribution in [0.2, 0.25) is 5.02 Å². The standard InChI is InChI=1S/C20H14ClN3OS/c21-13-4-2-5-14(10-13)22-19(25)24-20-23-18-15-6-1-3-11-7-8-12(17(11)15)9-16(18)26-20/h1-6,9-10H,7-8H2,(H2,22,23,24,25). The highest BCUT2D eigenvalue weighted by Crippen LogP contribution is 2.39. The highest BCUT2D eigenvalue weighted by Gasteiger charge is 2.18. The lowest BCUT2D eigenvalue weighted by Crippen LogP contribution is -2.19. The van der Waals surface area contributed by atoms with Gasteiger partial charge in [0.15, 0.2) is 5.13 Å². The number of aryl methyl sites for hydroxylation is 2. The number of hydrogen-bond acceptors (Lipinski definition) is 3. The van der Waals surface area contributed by atoms with E-state index < -0.39 is 0 Å². The molecule has 128 valence electrons. The van der Waals surface area contributed by atoms with E-state index >= 15 is 0 Å². The van der Waals surface area contributed by atoms with Gasteiger partial charge in [0.05, 0.1) is 10.2 Å². The Morgan fingerprint density at radius 2 is 1.88 bits per heavy atom. The molecule has 0 spiro atoms. The zero-order valence-electron chi connectivity index (χ0n) is 13.7. The maximum absolute atomic E-state index is 12.3. The lowest BCUT2D eigenvalue weighted by molar-refractivity contribution is 0.262. The van der Waals surface area contributed by atoms with Crippen LogP contribution in [0.1, 0.15) is 11.1 Å². The first-order chi connectivity index (χ1) is 12.7. The number of anilines is 2. The summed E-state index contributed by atoms with van der Waals surface area (Å²) in [7, 11) is 0. The van der Waals surface area contributed by atoms with Crippen LogP contribution in [0.25, 0.3) is 21.0 Å². The summed E-state index contributed by atoms with van der Waals surface area (Å²) in [5.74, 6) is 0. The van der Waals surface area contributed by atoms with Crippen molar-refractivity contribution in [1.29, 1.82) is 0 Å². The van der Waals surface area contributed by atoms with E-state index in [1.807, 2.05) is 0 Å². The Bertz CT molecular complexity index is 1180. The molecule has 5 rings (SSSR count). The molecule has 2 amide bonds. The van der Waals surface area contributed by atoms with Gasteiger partial charge in [-0.3, -0.25) is 5.32 Å². The summed E-state index contributed by atoms with van der Waals surface area (Å²) in [4.78, 5) is 16.9. The first-order valence-corrected chi connectivity index (χ1v) is 9.54. The molecule has 0 unspecified atom stereocenters. The summed E-state index contributed by atoms with van der Waals surface area (Å²) in [5.41, 5.74) is 4.36. The summed E-state index contributed by atoms with van der Waals surface area (Å²) in [6.07, 6.45) is 2.17. The monoisotopic (exact) mass is 379 g/mol. The van der Waals surface area contributed by atoms with Gasteiger partial charge in [0.25, 0.3) is 0 Å². The number of fused-ring (bicyclic) bond motifs is 2. The van der Waals surface area contributed by atoms with Crippen molar-refractivity contribution in [2.75, 3.05) is 10.6 Å². The van der Waals surface area contributed by atoms with Crippen LogP contribution < -0.4 is 10.6 Å². The van der Waals surface area contributed by atoms with E-state index in [0.717, 1.165) is 23.1 Å². The predicted molar refractivity (Wildman–Crippen MR) is 109 cm³/mol. The Balaban J connectivity index is 1.48. The summed E-state index contributed by atoms with van der Waals surface area (Å²) in [6.45, 7) is 0. The topological polar surface area (TPSA) is 54.0 Å². The number of carbonyl (C=O) groups excluding carboxylic acids is 1. The number of urea groups is 1. The smallest absolute Gasteiger partial charge is 0.308 e. The Kier molecular flexibility index (Phi) is 3.58. The van der Waals surface area contributed by atoms with Crippen molar-refractivity contribution >= 4 is 60.8 Å². The van der Waals surface area contributed by atoms with Gasteiger partial charge in [0.2, 0.25) is 0 Å². The lowest BCUT2D eigenvalue weighted by Gasteiger charge is -2.05. The first kappa shape index (κ1) is 15.6. The van der Waals surface area contributed by atoms with Crippen LogP contribution in [0, 0.1) is 0 Å². The normalized spacial score (nSPS) is 12.7. The minimum atomic E-state index is -0.330. The molecule has 4 nitrogen and oxygen atoms in total. The second-order valence-corrected chi connectivity index (χ2v) is 7.80. The molecule has 0 fully saturated rings. The van der Waals surface area contributed by atoms with Crippen LogP contribution in [-0.4, -0.2) is 11.0 Å². The van der Waals surface area contributed by atoms with Crippen LogP contribution in [0.15, 0.2) is 48.5 Å². The van der Waals surface area contributed by atoms with Crippen LogP contribution >= 0.6 is 22.9 Å². The van der Waals surface area contributed by atoms with Gasteiger partial charge < -0.3 is 5.32 Å². The molecule has 6 heteroatoms. The number of nitrogens with zero attached hydrogens (tertiary/aromatic N) is 1. The number of thiazole rings is 1. The molecule has 1 heterocycles. The maximum atomic E-state index is 12.3. The van der Waals surface area contributed by atoms with E-state index in [2.05, 4.69) is 39.9 Å². The van der Waals surface area contributed by atoms with Crippen molar-refractivity contribution in [2.45, 2.75) is 12.8 Å². The van der Waals surface area contributed by atoms with Gasteiger partial charge in [0.1, 0.15) is 0 Å². The molecule has 0 saturated carbocycles. The fourth-order valence-corrected chi connectivity index (χ4v) is 4.72. The fourth-order valence-electron chi connectivity index (χ4n) is 3.58. The molecule has 1 aromatic heterocycles. The second kappa shape index (κ2) is 5.97. The Hall–Kier alpha value is -2.63. The molecule has 3 aromatic carbocycles.